The van der Waals surface area contributed by atoms with Crippen molar-refractivity contribution in [1.82, 2.24) is 15.0 Å². The van der Waals surface area contributed by atoms with Crippen molar-refractivity contribution in [2.24, 2.45) is 0 Å². The van der Waals surface area contributed by atoms with E-state index in [2.05, 4.69) is 20.6 Å². The lowest BCUT2D eigenvalue weighted by Crippen LogP contribution is -2.00. The highest BCUT2D eigenvalue weighted by atomic mass is 19.2. The van der Waals surface area contributed by atoms with Crippen molar-refractivity contribution in [3.8, 4) is 51.0 Å². The van der Waals surface area contributed by atoms with Crippen LogP contribution in [0, 0.1) is 54.3 Å². The summed E-state index contributed by atoms with van der Waals surface area (Å²) >= 11 is 0. The first kappa shape index (κ1) is 33.2. The number of fused-ring (bicyclic) bond motifs is 5. The van der Waals surface area contributed by atoms with E-state index in [4.69, 9.17) is 34.7 Å². The number of hydrogen-bond acceptors (Lipinski definition) is 4. The maximum Gasteiger partial charge on any atom is 0.262 e. The predicted molar refractivity (Wildman–Crippen MR) is 197 cm³/mol. The molecule has 252 valence electrons. The number of halogens is 4. The molecule has 0 aliphatic heterocycles. The van der Waals surface area contributed by atoms with E-state index in [1.807, 2.05) is 18.2 Å². The molecule has 8 rings (SSSR count). The summed E-state index contributed by atoms with van der Waals surface area (Å²) in [6.07, 6.45) is 0. The van der Waals surface area contributed by atoms with Crippen LogP contribution < -0.4 is 0 Å². The van der Waals surface area contributed by atoms with Crippen molar-refractivity contribution in [2.45, 2.75) is 0 Å². The molecular weight excluding hydrogens is 691 g/mol. The molecule has 0 amide bonds. The fourth-order valence-electron chi connectivity index (χ4n) is 6.49. The zero-order chi connectivity index (χ0) is 37.7. The maximum atomic E-state index is 15.0. The molecule has 0 saturated carbocycles. The minimum Gasteiger partial charge on any atom is -0.255 e. The van der Waals surface area contributed by atoms with Gasteiger partial charge in [0.05, 0.1) is 70.5 Å². The summed E-state index contributed by atoms with van der Waals surface area (Å²) in [5, 5.41) is 11.3. The Hall–Kier alpha value is -7.99. The Morgan fingerprint density at radius 2 is 1.09 bits per heavy atom. The first-order valence-corrected chi connectivity index (χ1v) is 16.0. The molecular formula is C43H17F4N7. The second-order valence-corrected chi connectivity index (χ2v) is 12.0. The first-order chi connectivity index (χ1) is 26.3. The van der Waals surface area contributed by atoms with E-state index < -0.39 is 34.5 Å². The number of aromatic nitrogens is 3. The molecule has 0 spiro atoms. The van der Waals surface area contributed by atoms with Gasteiger partial charge in [-0.25, -0.2) is 42.1 Å². The number of rotatable bonds is 4. The van der Waals surface area contributed by atoms with E-state index in [0.717, 1.165) is 0 Å². The number of pyridine rings is 1. The van der Waals surface area contributed by atoms with Gasteiger partial charge in [-0.1, -0.05) is 78.9 Å². The smallest absolute Gasteiger partial charge is 0.255 e. The predicted octanol–water partition coefficient (Wildman–Crippen LogP) is 12.1. The molecule has 0 fully saturated rings. The first-order valence-electron chi connectivity index (χ1n) is 16.0. The van der Waals surface area contributed by atoms with Crippen LogP contribution in [0.15, 0.2) is 103 Å². The lowest BCUT2D eigenvalue weighted by atomic mass is 9.95. The van der Waals surface area contributed by atoms with Crippen molar-refractivity contribution >= 4 is 49.8 Å². The Balaban J connectivity index is 1.42. The lowest BCUT2D eigenvalue weighted by molar-refractivity contribution is 0.465. The molecule has 0 atom stereocenters. The Labute approximate surface area is 304 Å². The van der Waals surface area contributed by atoms with Crippen LogP contribution >= 0.6 is 0 Å². The molecule has 54 heavy (non-hydrogen) atoms. The number of hydrogen-bond donors (Lipinski definition) is 0. The Kier molecular flexibility index (Phi) is 7.96. The summed E-state index contributed by atoms with van der Waals surface area (Å²) in [4.78, 5) is 25.1. The van der Waals surface area contributed by atoms with Crippen LogP contribution in [-0.4, -0.2) is 15.0 Å². The lowest BCUT2D eigenvalue weighted by Gasteiger charge is -2.16. The van der Waals surface area contributed by atoms with Gasteiger partial charge < -0.3 is 0 Å². The van der Waals surface area contributed by atoms with Crippen molar-refractivity contribution in [3.05, 3.63) is 166 Å². The van der Waals surface area contributed by atoms with Gasteiger partial charge in [-0.2, -0.15) is 5.26 Å². The Bertz CT molecular complexity index is 3030. The third-order valence-electron chi connectivity index (χ3n) is 9.06. The number of nitriles is 1. The molecule has 0 bridgehead atoms. The van der Waals surface area contributed by atoms with Gasteiger partial charge in [-0.05, 0) is 35.4 Å². The van der Waals surface area contributed by atoms with Crippen molar-refractivity contribution < 1.29 is 17.6 Å². The van der Waals surface area contributed by atoms with E-state index in [1.54, 1.807) is 60.7 Å². The number of para-hydroxylation sites is 1. The zero-order valence-corrected chi connectivity index (χ0v) is 27.5. The molecule has 8 aromatic rings. The molecule has 11 heteroatoms. The molecule has 0 radical (unpaired) electrons. The molecule has 0 N–H and O–H groups in total. The average Bonchev–Trinajstić information content (AvgIpc) is 3.22. The van der Waals surface area contributed by atoms with Gasteiger partial charge in [-0.15, -0.1) is 0 Å². The fraction of sp³-hybridized carbons (Fsp3) is 0. The van der Waals surface area contributed by atoms with E-state index in [9.17, 15) is 22.8 Å². The van der Waals surface area contributed by atoms with Crippen molar-refractivity contribution in [3.63, 3.8) is 0 Å². The second-order valence-electron chi connectivity index (χ2n) is 12.0. The van der Waals surface area contributed by atoms with Crippen LogP contribution in [-0.2, 0) is 0 Å². The zero-order valence-electron chi connectivity index (χ0n) is 27.5. The molecule has 0 saturated heterocycles. The van der Waals surface area contributed by atoms with Gasteiger partial charge in [0.25, 0.3) is 5.69 Å². The Morgan fingerprint density at radius 3 is 1.69 bits per heavy atom. The van der Waals surface area contributed by atoms with Gasteiger partial charge in [0.15, 0.2) is 29.0 Å². The third-order valence-corrected chi connectivity index (χ3v) is 9.06. The second kappa shape index (κ2) is 13.0. The van der Waals surface area contributed by atoms with Gasteiger partial charge in [-0.3, -0.25) is 4.98 Å². The summed E-state index contributed by atoms with van der Waals surface area (Å²) < 4.78 is 59.0. The number of benzene rings is 6. The summed E-state index contributed by atoms with van der Waals surface area (Å²) in [6, 6.07) is 30.4. The minimum absolute atomic E-state index is 0.167. The normalized spacial score (nSPS) is 10.9. The van der Waals surface area contributed by atoms with Gasteiger partial charge in [0.2, 0.25) is 5.69 Å². The summed E-state index contributed by atoms with van der Waals surface area (Å²) in [5.74, 6) is -6.94. The van der Waals surface area contributed by atoms with Crippen LogP contribution in [0.4, 0.5) is 34.6 Å². The molecule has 2 heterocycles. The monoisotopic (exact) mass is 707 g/mol. The quantitative estimate of drug-likeness (QED) is 0.0790. The summed E-state index contributed by atoms with van der Waals surface area (Å²) in [5.41, 5.74) is 2.92. The molecule has 2 aromatic heterocycles. The van der Waals surface area contributed by atoms with Crippen LogP contribution in [0.3, 0.4) is 0 Å². The SMILES string of the molecule is [C-]#[N+]c1ccc(-c2nc3c([N+]#[C-])cc4c(-c5ccc(-c6c(F)c(F)c([N+]#[C-])c(F)c6F)cc5)nc5ccccc5c4c3nc2-c2ccc(C#N)cc2)cc1. The van der Waals surface area contributed by atoms with E-state index >= 15 is 0 Å². The van der Waals surface area contributed by atoms with Crippen molar-refractivity contribution in [1.29, 1.82) is 5.26 Å². The molecule has 0 aliphatic carbocycles. The van der Waals surface area contributed by atoms with Crippen LogP contribution in [0.1, 0.15) is 5.56 Å². The summed E-state index contributed by atoms with van der Waals surface area (Å²) in [7, 11) is 0. The van der Waals surface area contributed by atoms with Crippen molar-refractivity contribution in [2.75, 3.05) is 0 Å². The minimum atomic E-state index is -1.78. The standard InChI is InChI=1S/C43H17F4N7/c1-49-27-18-16-26(17-19-27)39-40(25-10-8-22(21-48)9-11-25)54-42-33-28-6-4-5-7-30(28)52-38(29(33)20-31(50-2)41(42)53-39)24-14-12-23(13-15-24)32-34(44)36(46)43(51-3)37(47)35(32)45/h4-20H. The van der Waals surface area contributed by atoms with E-state index in [0.29, 0.717) is 77.7 Å². The van der Waals surface area contributed by atoms with E-state index in [1.165, 1.54) is 24.3 Å². The molecule has 0 aliphatic rings. The highest BCUT2D eigenvalue weighted by Crippen LogP contribution is 2.43. The highest BCUT2D eigenvalue weighted by Gasteiger charge is 2.27. The maximum absolute atomic E-state index is 15.0. The van der Waals surface area contributed by atoms with Gasteiger partial charge in [0.1, 0.15) is 0 Å². The largest absolute Gasteiger partial charge is 0.262 e. The Morgan fingerprint density at radius 1 is 0.537 bits per heavy atom. The van der Waals surface area contributed by atoms with Crippen LogP contribution in [0.2, 0.25) is 0 Å². The summed E-state index contributed by atoms with van der Waals surface area (Å²) in [6.45, 7) is 22.5. The van der Waals surface area contributed by atoms with E-state index in [-0.39, 0.29) is 11.3 Å². The molecule has 7 nitrogen and oxygen atoms in total. The number of nitrogens with zero attached hydrogens (tertiary/aromatic N) is 7. The fourth-order valence-corrected chi connectivity index (χ4v) is 6.49. The molecule has 6 aromatic carbocycles. The van der Waals surface area contributed by atoms with Crippen LogP contribution in [0.5, 0.6) is 0 Å². The topological polar surface area (TPSA) is 75.5 Å². The molecule has 0 unspecified atom stereocenters. The third kappa shape index (κ3) is 5.21. The highest BCUT2D eigenvalue weighted by molar-refractivity contribution is 6.23. The van der Waals surface area contributed by atoms with Gasteiger partial charge in [0, 0.05) is 27.3 Å². The average molecular weight is 708 g/mol. The van der Waals surface area contributed by atoms with Crippen LogP contribution in [0.25, 0.3) is 92.1 Å². The van der Waals surface area contributed by atoms with Gasteiger partial charge >= 0.3 is 0 Å².